The van der Waals surface area contributed by atoms with Crippen LogP contribution in [-0.4, -0.2) is 19.4 Å². The van der Waals surface area contributed by atoms with Crippen molar-refractivity contribution < 1.29 is 0 Å². The Bertz CT molecular complexity index is 2070. The normalized spacial score (nSPS) is 13.5. The lowest BCUT2D eigenvalue weighted by Crippen LogP contribution is -1.95. The smallest absolute Gasteiger partial charge is 0.164 e. The maximum absolute atomic E-state index is 5.04. The van der Waals surface area contributed by atoms with Crippen molar-refractivity contribution in [1.82, 2.24) is 19.4 Å². The van der Waals surface area contributed by atoms with Gasteiger partial charge in [0.15, 0.2) is 5.65 Å². The third-order valence-electron chi connectivity index (χ3n) is 7.96. The van der Waals surface area contributed by atoms with Gasteiger partial charge >= 0.3 is 0 Å². The van der Waals surface area contributed by atoms with Gasteiger partial charge in [-0.15, -0.1) is 0 Å². The Morgan fingerprint density at radius 3 is 2.57 bits per heavy atom. The van der Waals surface area contributed by atoms with Crippen LogP contribution in [0, 0.1) is 0 Å². The zero-order valence-corrected chi connectivity index (χ0v) is 18.8. The number of nitrogens with zero attached hydrogens (tertiary/aromatic N) is 4. The highest BCUT2D eigenvalue weighted by Crippen LogP contribution is 2.50. The number of rotatable bonds is 0. The van der Waals surface area contributed by atoms with Crippen molar-refractivity contribution in [3.8, 4) is 22.3 Å². The molecule has 2 aliphatic rings. The van der Waals surface area contributed by atoms with Gasteiger partial charge in [0.05, 0.1) is 5.52 Å². The summed E-state index contributed by atoms with van der Waals surface area (Å²) >= 11 is 0. The Morgan fingerprint density at radius 1 is 0.657 bits per heavy atom. The van der Waals surface area contributed by atoms with Gasteiger partial charge < -0.3 is 0 Å². The van der Waals surface area contributed by atoms with E-state index in [2.05, 4.69) is 69.0 Å². The highest BCUT2D eigenvalue weighted by atomic mass is 15.1. The summed E-state index contributed by atoms with van der Waals surface area (Å²) < 4.78 is 2.19. The Kier molecular flexibility index (Phi) is 3.11. The minimum atomic E-state index is 0.885. The second-order valence-corrected chi connectivity index (χ2v) is 9.67. The molecule has 7 aromatic rings. The first kappa shape index (κ1) is 17.8. The van der Waals surface area contributed by atoms with Crippen LogP contribution in [0.3, 0.4) is 0 Å². The monoisotopic (exact) mass is 446 g/mol. The van der Waals surface area contributed by atoms with Crippen molar-refractivity contribution in [2.45, 2.75) is 12.8 Å². The maximum Gasteiger partial charge on any atom is 0.164 e. The van der Waals surface area contributed by atoms with Gasteiger partial charge in [0.1, 0.15) is 11.2 Å². The quantitative estimate of drug-likeness (QED) is 0.243. The van der Waals surface area contributed by atoms with Gasteiger partial charge in [0, 0.05) is 34.7 Å². The van der Waals surface area contributed by atoms with E-state index in [1.807, 2.05) is 30.7 Å². The third-order valence-corrected chi connectivity index (χ3v) is 7.96. The Hall–Kier alpha value is -4.57. The lowest BCUT2D eigenvalue weighted by Gasteiger charge is -2.13. The van der Waals surface area contributed by atoms with Crippen molar-refractivity contribution in [3.05, 3.63) is 108 Å². The average Bonchev–Trinajstić information content (AvgIpc) is 3.59. The van der Waals surface area contributed by atoms with Crippen LogP contribution in [-0.2, 0) is 12.8 Å². The van der Waals surface area contributed by atoms with Gasteiger partial charge in [0.2, 0.25) is 0 Å². The SMILES string of the molecule is c1ccc2c(c1)Cc1ccc3c(c1-2)Cc1ccc2c(c1-3)c1cnccc1n1c3ncccc3nc21. The molecule has 0 bridgehead atoms. The van der Waals surface area contributed by atoms with E-state index in [-0.39, 0.29) is 0 Å². The molecule has 4 nitrogen and oxygen atoms in total. The summed E-state index contributed by atoms with van der Waals surface area (Å²) in [6, 6.07) is 24.2. The second-order valence-electron chi connectivity index (χ2n) is 9.67. The molecule has 0 radical (unpaired) electrons. The van der Waals surface area contributed by atoms with Crippen LogP contribution in [0.5, 0.6) is 0 Å². The van der Waals surface area contributed by atoms with Gasteiger partial charge in [0.25, 0.3) is 0 Å². The van der Waals surface area contributed by atoms with E-state index in [0.717, 1.165) is 45.9 Å². The maximum atomic E-state index is 5.04. The summed E-state index contributed by atoms with van der Waals surface area (Å²) in [5.41, 5.74) is 15.1. The summed E-state index contributed by atoms with van der Waals surface area (Å²) in [5, 5.41) is 3.54. The first-order chi connectivity index (χ1) is 17.4. The van der Waals surface area contributed by atoms with Crippen molar-refractivity contribution in [2.75, 3.05) is 0 Å². The first-order valence-corrected chi connectivity index (χ1v) is 12.0. The fourth-order valence-corrected chi connectivity index (χ4v) is 6.57. The van der Waals surface area contributed by atoms with Crippen molar-refractivity contribution in [3.63, 3.8) is 0 Å². The molecule has 0 amide bonds. The number of hydrogen-bond acceptors (Lipinski definition) is 3. The molecule has 2 aliphatic carbocycles. The third kappa shape index (κ3) is 2.11. The number of aromatic nitrogens is 4. The van der Waals surface area contributed by atoms with Gasteiger partial charge in [-0.05, 0) is 75.5 Å². The van der Waals surface area contributed by atoms with Crippen LogP contribution < -0.4 is 0 Å². The van der Waals surface area contributed by atoms with Crippen LogP contribution in [0.2, 0.25) is 0 Å². The minimum absolute atomic E-state index is 0.885. The van der Waals surface area contributed by atoms with E-state index < -0.39 is 0 Å². The molecule has 0 aliphatic heterocycles. The molecule has 3 aromatic carbocycles. The zero-order chi connectivity index (χ0) is 22.7. The Morgan fingerprint density at radius 2 is 1.57 bits per heavy atom. The molecule has 4 heterocycles. The molecule has 0 fully saturated rings. The number of imidazole rings is 1. The molecule has 0 spiro atoms. The standard InChI is InChI=1S/C31H18N4/c1-2-5-20-17(4-1)14-18-7-9-21-23(27(18)20)15-19-8-10-22-29(28(19)21)24-16-32-13-11-26(24)35-30(22)34-25-6-3-12-33-31(25)35/h1-13,16H,14-15H2. The van der Waals surface area contributed by atoms with Gasteiger partial charge in [-0.25, -0.2) is 9.97 Å². The summed E-state index contributed by atoms with van der Waals surface area (Å²) in [7, 11) is 0. The van der Waals surface area contributed by atoms with Crippen LogP contribution in [0.4, 0.5) is 0 Å². The fraction of sp³-hybridized carbons (Fsp3) is 0.0645. The second kappa shape index (κ2) is 6.10. The summed E-state index contributed by atoms with van der Waals surface area (Å²) in [6.45, 7) is 0. The molecule has 9 rings (SSSR count). The summed E-state index contributed by atoms with van der Waals surface area (Å²) in [4.78, 5) is 14.3. The van der Waals surface area contributed by atoms with Crippen molar-refractivity contribution in [1.29, 1.82) is 0 Å². The molecule has 0 unspecified atom stereocenters. The Labute approximate surface area is 200 Å². The molecule has 0 atom stereocenters. The first-order valence-electron chi connectivity index (χ1n) is 12.0. The van der Waals surface area contributed by atoms with Crippen molar-refractivity contribution in [2.24, 2.45) is 0 Å². The topological polar surface area (TPSA) is 43.1 Å². The number of fused-ring (bicyclic) bond motifs is 16. The Balaban J connectivity index is 1.47. The molecule has 4 heteroatoms. The predicted molar refractivity (Wildman–Crippen MR) is 140 cm³/mol. The lowest BCUT2D eigenvalue weighted by atomic mass is 9.93. The molecule has 4 aromatic heterocycles. The highest BCUT2D eigenvalue weighted by Gasteiger charge is 2.30. The minimum Gasteiger partial charge on any atom is -0.276 e. The van der Waals surface area contributed by atoms with Gasteiger partial charge in [-0.2, -0.15) is 0 Å². The van der Waals surface area contributed by atoms with E-state index in [1.54, 1.807) is 0 Å². The summed E-state index contributed by atoms with van der Waals surface area (Å²) in [6.07, 6.45) is 7.70. The molecule has 0 N–H and O–H groups in total. The average molecular weight is 447 g/mol. The molecule has 0 saturated heterocycles. The molecule has 0 saturated carbocycles. The highest BCUT2D eigenvalue weighted by molar-refractivity contribution is 6.20. The van der Waals surface area contributed by atoms with Crippen molar-refractivity contribution >= 4 is 38.5 Å². The number of hydrogen-bond donors (Lipinski definition) is 0. The van der Waals surface area contributed by atoms with Gasteiger partial charge in [-0.3, -0.25) is 9.38 Å². The van der Waals surface area contributed by atoms with E-state index >= 15 is 0 Å². The fourth-order valence-electron chi connectivity index (χ4n) is 6.57. The zero-order valence-electron chi connectivity index (χ0n) is 18.8. The van der Waals surface area contributed by atoms with Crippen LogP contribution in [0.15, 0.2) is 85.3 Å². The van der Waals surface area contributed by atoms with E-state index in [1.165, 1.54) is 49.9 Å². The number of benzene rings is 3. The van der Waals surface area contributed by atoms with Crippen LogP contribution in [0.1, 0.15) is 22.3 Å². The van der Waals surface area contributed by atoms with E-state index in [9.17, 15) is 0 Å². The predicted octanol–water partition coefficient (Wildman–Crippen LogP) is 6.73. The largest absolute Gasteiger partial charge is 0.276 e. The molecule has 35 heavy (non-hydrogen) atoms. The lowest BCUT2D eigenvalue weighted by molar-refractivity contribution is 1.23. The molecular weight excluding hydrogens is 428 g/mol. The summed E-state index contributed by atoms with van der Waals surface area (Å²) in [5.74, 6) is 0. The van der Waals surface area contributed by atoms with E-state index in [4.69, 9.17) is 4.98 Å². The molecule has 162 valence electrons. The van der Waals surface area contributed by atoms with Crippen LogP contribution in [0.25, 0.3) is 60.7 Å². The number of pyridine rings is 3. The van der Waals surface area contributed by atoms with Crippen LogP contribution >= 0.6 is 0 Å². The van der Waals surface area contributed by atoms with E-state index in [0.29, 0.717) is 0 Å². The van der Waals surface area contributed by atoms with Gasteiger partial charge in [-0.1, -0.05) is 48.5 Å². The molecular formula is C31H18N4.